The van der Waals surface area contributed by atoms with Gasteiger partial charge < -0.3 is 0 Å². The molecule has 1 aromatic carbocycles. The number of non-ortho nitro benzene ring substituents is 1. The summed E-state index contributed by atoms with van der Waals surface area (Å²) < 4.78 is 0. The predicted octanol–water partition coefficient (Wildman–Crippen LogP) is 3.36. The molecule has 104 valence electrons. The number of benzene rings is 1. The highest BCUT2D eigenvalue weighted by molar-refractivity contribution is 5.81. The van der Waals surface area contributed by atoms with E-state index in [-0.39, 0.29) is 5.69 Å². The molecule has 2 heterocycles. The molecule has 2 aromatic heterocycles. The highest BCUT2D eigenvalue weighted by atomic mass is 16.6. The molecule has 0 aliphatic rings. The molecule has 0 atom stereocenters. The molecule has 3 aromatic rings. The maximum Gasteiger partial charge on any atom is 0.270 e. The number of hydrogen-bond donors (Lipinski definition) is 1. The summed E-state index contributed by atoms with van der Waals surface area (Å²) in [5.41, 5.74) is 3.90. The molecular weight excluding hydrogens is 268 g/mol. The Morgan fingerprint density at radius 2 is 2.05 bits per heavy atom. The fourth-order valence-electron chi connectivity index (χ4n) is 2.23. The number of aromatic nitrogens is 3. The number of nitro benzene ring substituents is 1. The van der Waals surface area contributed by atoms with Crippen LogP contribution in [0, 0.1) is 17.0 Å². The van der Waals surface area contributed by atoms with Gasteiger partial charge in [-0.1, -0.05) is 18.2 Å². The number of rotatable bonds is 3. The van der Waals surface area contributed by atoms with Gasteiger partial charge in [0.05, 0.1) is 10.6 Å². The van der Waals surface area contributed by atoms with Gasteiger partial charge in [0.15, 0.2) is 0 Å². The largest absolute Gasteiger partial charge is 0.282 e. The number of pyridine rings is 1. The van der Waals surface area contributed by atoms with Crippen LogP contribution in [0.25, 0.3) is 22.5 Å². The third-order valence-corrected chi connectivity index (χ3v) is 3.20. The van der Waals surface area contributed by atoms with Gasteiger partial charge in [-0.2, -0.15) is 5.10 Å². The van der Waals surface area contributed by atoms with Crippen LogP contribution in [0.4, 0.5) is 5.69 Å². The summed E-state index contributed by atoms with van der Waals surface area (Å²) in [5, 5.41) is 18.1. The minimum atomic E-state index is -0.413. The van der Waals surface area contributed by atoms with Crippen LogP contribution in [0.15, 0.2) is 48.7 Å². The number of nitrogens with one attached hydrogen (secondary N) is 1. The lowest BCUT2D eigenvalue weighted by molar-refractivity contribution is -0.384. The van der Waals surface area contributed by atoms with Gasteiger partial charge >= 0.3 is 0 Å². The highest BCUT2D eigenvalue weighted by Gasteiger charge is 2.17. The lowest BCUT2D eigenvalue weighted by Gasteiger charge is -2.03. The van der Waals surface area contributed by atoms with Crippen LogP contribution in [-0.2, 0) is 0 Å². The van der Waals surface area contributed by atoms with Gasteiger partial charge in [0.25, 0.3) is 5.69 Å². The summed E-state index contributed by atoms with van der Waals surface area (Å²) in [5.74, 6) is 0. The molecule has 21 heavy (non-hydrogen) atoms. The third kappa shape index (κ3) is 2.38. The van der Waals surface area contributed by atoms with Crippen LogP contribution >= 0.6 is 0 Å². The molecule has 6 nitrogen and oxygen atoms in total. The topological polar surface area (TPSA) is 84.7 Å². The smallest absolute Gasteiger partial charge is 0.270 e. The van der Waals surface area contributed by atoms with E-state index in [0.717, 1.165) is 17.0 Å². The molecule has 0 aliphatic carbocycles. The van der Waals surface area contributed by atoms with Crippen LogP contribution in [0.2, 0.25) is 0 Å². The van der Waals surface area contributed by atoms with E-state index in [4.69, 9.17) is 0 Å². The van der Waals surface area contributed by atoms with E-state index in [0.29, 0.717) is 11.3 Å². The van der Waals surface area contributed by atoms with Gasteiger partial charge in [-0.3, -0.25) is 20.2 Å². The molecular formula is C15H12N4O2. The van der Waals surface area contributed by atoms with Crippen molar-refractivity contribution in [2.24, 2.45) is 0 Å². The summed E-state index contributed by atoms with van der Waals surface area (Å²) in [6.07, 6.45) is 1.71. The Hall–Kier alpha value is -3.02. The third-order valence-electron chi connectivity index (χ3n) is 3.20. The van der Waals surface area contributed by atoms with Gasteiger partial charge in [0, 0.05) is 35.2 Å². The number of nitro groups is 1. The van der Waals surface area contributed by atoms with Crippen molar-refractivity contribution in [2.45, 2.75) is 6.92 Å². The zero-order valence-corrected chi connectivity index (χ0v) is 11.3. The van der Waals surface area contributed by atoms with E-state index in [1.807, 2.05) is 25.1 Å². The Morgan fingerprint density at radius 1 is 1.19 bits per heavy atom. The highest BCUT2D eigenvalue weighted by Crippen LogP contribution is 2.32. The van der Waals surface area contributed by atoms with Crippen molar-refractivity contribution in [3.63, 3.8) is 0 Å². The zero-order chi connectivity index (χ0) is 14.8. The van der Waals surface area contributed by atoms with Crippen molar-refractivity contribution in [1.29, 1.82) is 0 Å². The zero-order valence-electron chi connectivity index (χ0n) is 11.3. The van der Waals surface area contributed by atoms with Gasteiger partial charge in [-0.25, -0.2) is 0 Å². The maximum atomic E-state index is 10.9. The summed E-state index contributed by atoms with van der Waals surface area (Å²) in [6, 6.07) is 12.1. The van der Waals surface area contributed by atoms with E-state index < -0.39 is 4.92 Å². The summed E-state index contributed by atoms with van der Waals surface area (Å²) in [7, 11) is 0. The second-order valence-electron chi connectivity index (χ2n) is 4.59. The Morgan fingerprint density at radius 3 is 2.76 bits per heavy atom. The molecule has 0 amide bonds. The molecule has 0 unspecified atom stereocenters. The fraction of sp³-hybridized carbons (Fsp3) is 0.0667. The van der Waals surface area contributed by atoms with Gasteiger partial charge in [0.1, 0.15) is 5.69 Å². The Labute approximate surface area is 120 Å². The van der Waals surface area contributed by atoms with Crippen molar-refractivity contribution in [1.82, 2.24) is 15.2 Å². The van der Waals surface area contributed by atoms with Crippen LogP contribution in [0.1, 0.15) is 5.69 Å². The number of H-pyrrole nitrogens is 1. The summed E-state index contributed by atoms with van der Waals surface area (Å²) in [4.78, 5) is 14.8. The van der Waals surface area contributed by atoms with Crippen LogP contribution in [0.5, 0.6) is 0 Å². The quantitative estimate of drug-likeness (QED) is 0.589. The average Bonchev–Trinajstić information content (AvgIpc) is 2.90. The molecule has 0 spiro atoms. The number of hydrogen-bond acceptors (Lipinski definition) is 4. The van der Waals surface area contributed by atoms with Gasteiger partial charge in [-0.15, -0.1) is 0 Å². The Kier molecular flexibility index (Phi) is 3.19. The lowest BCUT2D eigenvalue weighted by Crippen LogP contribution is -1.90. The van der Waals surface area contributed by atoms with Gasteiger partial charge in [0.2, 0.25) is 0 Å². The Bertz CT molecular complexity index is 796. The second-order valence-corrected chi connectivity index (χ2v) is 4.59. The van der Waals surface area contributed by atoms with Crippen LogP contribution in [0.3, 0.4) is 0 Å². The number of aryl methyl sites for hydroxylation is 1. The average molecular weight is 280 g/mol. The monoisotopic (exact) mass is 280 g/mol. The Balaban J connectivity index is 2.17. The maximum absolute atomic E-state index is 10.9. The normalized spacial score (nSPS) is 10.5. The predicted molar refractivity (Wildman–Crippen MR) is 78.6 cm³/mol. The van der Waals surface area contributed by atoms with Crippen LogP contribution in [-0.4, -0.2) is 20.1 Å². The molecule has 6 heteroatoms. The number of aromatic amines is 1. The molecule has 3 rings (SSSR count). The molecule has 1 N–H and O–H groups in total. The fourth-order valence-corrected chi connectivity index (χ4v) is 2.23. The first-order chi connectivity index (χ1) is 10.2. The van der Waals surface area contributed by atoms with Crippen molar-refractivity contribution in [3.8, 4) is 22.5 Å². The summed E-state index contributed by atoms with van der Waals surface area (Å²) >= 11 is 0. The molecule has 0 bridgehead atoms. The van der Waals surface area contributed by atoms with Crippen molar-refractivity contribution >= 4 is 5.69 Å². The molecule has 0 fully saturated rings. The second kappa shape index (κ2) is 5.16. The van der Waals surface area contributed by atoms with E-state index >= 15 is 0 Å². The summed E-state index contributed by atoms with van der Waals surface area (Å²) in [6.45, 7) is 1.90. The van der Waals surface area contributed by atoms with Crippen LogP contribution < -0.4 is 0 Å². The van der Waals surface area contributed by atoms with Crippen molar-refractivity contribution < 1.29 is 4.92 Å². The SMILES string of the molecule is Cc1[nH]nc(-c2cccc([N+](=O)[O-])c2)c1-c1ccccn1. The van der Waals surface area contributed by atoms with Gasteiger partial charge in [-0.05, 0) is 19.1 Å². The molecule has 0 radical (unpaired) electrons. The molecule has 0 saturated carbocycles. The van der Waals surface area contributed by atoms with E-state index in [2.05, 4.69) is 15.2 Å². The van der Waals surface area contributed by atoms with Crippen molar-refractivity contribution in [3.05, 3.63) is 64.5 Å². The first-order valence-corrected chi connectivity index (χ1v) is 6.38. The molecule has 0 aliphatic heterocycles. The van der Waals surface area contributed by atoms with Crippen molar-refractivity contribution in [2.75, 3.05) is 0 Å². The van der Waals surface area contributed by atoms with E-state index in [1.54, 1.807) is 18.3 Å². The van der Waals surface area contributed by atoms with E-state index in [1.165, 1.54) is 12.1 Å². The minimum Gasteiger partial charge on any atom is -0.282 e. The first kappa shape index (κ1) is 13.0. The lowest BCUT2D eigenvalue weighted by atomic mass is 10.0. The first-order valence-electron chi connectivity index (χ1n) is 6.38. The minimum absolute atomic E-state index is 0.0418. The molecule has 0 saturated heterocycles. The van der Waals surface area contributed by atoms with E-state index in [9.17, 15) is 10.1 Å². The standard InChI is InChI=1S/C15H12N4O2/c1-10-14(13-7-2-3-8-16-13)15(18-17-10)11-5-4-6-12(9-11)19(20)21/h2-9H,1H3,(H,17,18). The number of nitrogens with zero attached hydrogens (tertiary/aromatic N) is 3.